The van der Waals surface area contributed by atoms with Gasteiger partial charge in [0.25, 0.3) is 16.0 Å². The highest BCUT2D eigenvalue weighted by atomic mass is 32.2. The van der Waals surface area contributed by atoms with Gasteiger partial charge in [-0.2, -0.15) is 8.42 Å². The standard InChI is InChI=1S/C12H17N3O4S2/c1-21(17,18)19-9-6-15(7-9)12-13-10(8-20-12)11(16)14-4-2-3-5-14/h8-9H,2-7H2,1H3. The van der Waals surface area contributed by atoms with Crippen molar-refractivity contribution in [1.82, 2.24) is 9.88 Å². The molecule has 1 amide bonds. The summed E-state index contributed by atoms with van der Waals surface area (Å²) in [5.74, 6) is -0.0144. The van der Waals surface area contributed by atoms with Gasteiger partial charge in [0.1, 0.15) is 11.8 Å². The molecule has 2 saturated heterocycles. The zero-order valence-corrected chi connectivity index (χ0v) is 13.3. The summed E-state index contributed by atoms with van der Waals surface area (Å²) < 4.78 is 26.9. The highest BCUT2D eigenvalue weighted by Crippen LogP contribution is 2.27. The molecule has 3 rings (SSSR count). The number of nitrogens with zero attached hydrogens (tertiary/aromatic N) is 3. The summed E-state index contributed by atoms with van der Waals surface area (Å²) >= 11 is 1.40. The number of thiazole rings is 1. The first-order valence-electron chi connectivity index (χ1n) is 6.80. The van der Waals surface area contributed by atoms with Crippen LogP contribution in [0.4, 0.5) is 5.13 Å². The second-order valence-corrected chi connectivity index (χ2v) is 7.78. The SMILES string of the molecule is CS(=O)(=O)OC1CN(c2nc(C(=O)N3CCCC3)cs2)C1. The molecule has 0 N–H and O–H groups in total. The van der Waals surface area contributed by atoms with Gasteiger partial charge in [-0.3, -0.25) is 8.98 Å². The van der Waals surface area contributed by atoms with Gasteiger partial charge in [0, 0.05) is 31.6 Å². The summed E-state index contributed by atoms with van der Waals surface area (Å²) in [4.78, 5) is 20.3. The van der Waals surface area contributed by atoms with E-state index in [1.807, 2.05) is 9.80 Å². The molecule has 0 spiro atoms. The number of amides is 1. The van der Waals surface area contributed by atoms with Crippen LogP contribution in [0.2, 0.25) is 0 Å². The summed E-state index contributed by atoms with van der Waals surface area (Å²) in [6.07, 6.45) is 2.84. The van der Waals surface area contributed by atoms with Gasteiger partial charge in [0.2, 0.25) is 0 Å². The lowest BCUT2D eigenvalue weighted by Crippen LogP contribution is -2.53. The molecule has 2 fully saturated rings. The third-order valence-electron chi connectivity index (χ3n) is 3.53. The van der Waals surface area contributed by atoms with Gasteiger partial charge in [-0.05, 0) is 12.8 Å². The molecule has 21 heavy (non-hydrogen) atoms. The Hall–Kier alpha value is -1.19. The smallest absolute Gasteiger partial charge is 0.273 e. The molecule has 0 radical (unpaired) electrons. The van der Waals surface area contributed by atoms with Crippen LogP contribution in [0, 0.1) is 0 Å². The molecule has 0 bridgehead atoms. The van der Waals surface area contributed by atoms with Crippen molar-refractivity contribution in [2.45, 2.75) is 18.9 Å². The Labute approximate surface area is 127 Å². The average Bonchev–Trinajstić information content (AvgIpc) is 3.02. The highest BCUT2D eigenvalue weighted by molar-refractivity contribution is 7.86. The lowest BCUT2D eigenvalue weighted by atomic mass is 10.2. The molecular weight excluding hydrogens is 314 g/mol. The van der Waals surface area contributed by atoms with Crippen molar-refractivity contribution in [2.75, 3.05) is 37.3 Å². The maximum Gasteiger partial charge on any atom is 0.273 e. The summed E-state index contributed by atoms with van der Waals surface area (Å²) in [5.41, 5.74) is 0.476. The fourth-order valence-electron chi connectivity index (χ4n) is 2.49. The van der Waals surface area contributed by atoms with Gasteiger partial charge in [-0.1, -0.05) is 0 Å². The highest BCUT2D eigenvalue weighted by Gasteiger charge is 2.33. The Morgan fingerprint density at radius 3 is 2.67 bits per heavy atom. The van der Waals surface area contributed by atoms with Crippen LogP contribution in [0.3, 0.4) is 0 Å². The molecule has 1 aromatic rings. The molecular formula is C12H17N3O4S2. The molecule has 2 aliphatic rings. The Morgan fingerprint density at radius 1 is 1.38 bits per heavy atom. The molecule has 0 aliphatic carbocycles. The molecule has 3 heterocycles. The fourth-order valence-corrected chi connectivity index (χ4v) is 3.93. The van der Waals surface area contributed by atoms with Crippen LogP contribution in [0.25, 0.3) is 0 Å². The Bertz CT molecular complexity index is 631. The van der Waals surface area contributed by atoms with Crippen molar-refractivity contribution in [2.24, 2.45) is 0 Å². The predicted molar refractivity (Wildman–Crippen MR) is 79.2 cm³/mol. The van der Waals surface area contributed by atoms with E-state index >= 15 is 0 Å². The number of rotatable bonds is 4. The summed E-state index contributed by atoms with van der Waals surface area (Å²) in [5, 5.41) is 2.51. The topological polar surface area (TPSA) is 79.8 Å². The fraction of sp³-hybridized carbons (Fsp3) is 0.667. The minimum atomic E-state index is -3.41. The van der Waals surface area contributed by atoms with E-state index < -0.39 is 10.1 Å². The normalized spacial score (nSPS) is 19.9. The van der Waals surface area contributed by atoms with Crippen LogP contribution in [0.5, 0.6) is 0 Å². The van der Waals surface area contributed by atoms with E-state index in [1.165, 1.54) is 11.3 Å². The van der Waals surface area contributed by atoms with Gasteiger partial charge in [0.15, 0.2) is 5.13 Å². The van der Waals surface area contributed by atoms with Crippen LogP contribution < -0.4 is 4.90 Å². The van der Waals surface area contributed by atoms with Gasteiger partial charge >= 0.3 is 0 Å². The van der Waals surface area contributed by atoms with Crippen molar-refractivity contribution in [3.05, 3.63) is 11.1 Å². The lowest BCUT2D eigenvalue weighted by molar-refractivity contribution is 0.0788. The summed E-state index contributed by atoms with van der Waals surface area (Å²) in [6, 6.07) is 0. The Kier molecular flexibility index (Phi) is 3.89. The van der Waals surface area contributed by atoms with Crippen molar-refractivity contribution < 1.29 is 17.4 Å². The molecule has 0 saturated carbocycles. The monoisotopic (exact) mass is 331 g/mol. The number of hydrogen-bond acceptors (Lipinski definition) is 7. The zero-order valence-electron chi connectivity index (χ0n) is 11.7. The van der Waals surface area contributed by atoms with E-state index in [9.17, 15) is 13.2 Å². The zero-order chi connectivity index (χ0) is 15.0. The second-order valence-electron chi connectivity index (χ2n) is 5.34. The number of carbonyl (C=O) groups is 1. The molecule has 1 aromatic heterocycles. The van der Waals surface area contributed by atoms with Crippen molar-refractivity contribution in [3.8, 4) is 0 Å². The van der Waals surface area contributed by atoms with Crippen molar-refractivity contribution in [3.63, 3.8) is 0 Å². The third kappa shape index (κ3) is 3.35. The van der Waals surface area contributed by atoms with Crippen LogP contribution >= 0.6 is 11.3 Å². The first kappa shape index (κ1) is 14.7. The lowest BCUT2D eigenvalue weighted by Gasteiger charge is -2.37. The molecule has 0 aromatic carbocycles. The molecule has 116 valence electrons. The van der Waals surface area contributed by atoms with E-state index in [2.05, 4.69) is 4.98 Å². The minimum Gasteiger partial charge on any atom is -0.343 e. The van der Waals surface area contributed by atoms with E-state index in [4.69, 9.17) is 4.18 Å². The molecule has 2 aliphatic heterocycles. The number of anilines is 1. The van der Waals surface area contributed by atoms with Gasteiger partial charge in [0.05, 0.1) is 6.26 Å². The maximum atomic E-state index is 12.2. The second kappa shape index (κ2) is 5.54. The first-order valence-corrected chi connectivity index (χ1v) is 9.50. The van der Waals surface area contributed by atoms with Crippen molar-refractivity contribution in [1.29, 1.82) is 0 Å². The number of aromatic nitrogens is 1. The summed E-state index contributed by atoms with van der Waals surface area (Å²) in [6.45, 7) is 2.58. The number of likely N-dealkylation sites (tertiary alicyclic amines) is 1. The van der Waals surface area contributed by atoms with Crippen LogP contribution in [0.15, 0.2) is 5.38 Å². The molecule has 7 nitrogen and oxygen atoms in total. The molecule has 0 atom stereocenters. The Balaban J connectivity index is 1.58. The molecule has 0 unspecified atom stereocenters. The largest absolute Gasteiger partial charge is 0.343 e. The summed E-state index contributed by atoms with van der Waals surface area (Å²) in [7, 11) is -3.41. The van der Waals surface area contributed by atoms with E-state index in [0.29, 0.717) is 18.8 Å². The average molecular weight is 331 g/mol. The third-order valence-corrected chi connectivity index (χ3v) is 5.06. The van der Waals surface area contributed by atoms with E-state index in [-0.39, 0.29) is 12.0 Å². The van der Waals surface area contributed by atoms with Gasteiger partial charge in [-0.25, -0.2) is 4.98 Å². The van der Waals surface area contributed by atoms with Crippen molar-refractivity contribution >= 4 is 32.5 Å². The Morgan fingerprint density at radius 2 is 2.05 bits per heavy atom. The van der Waals surface area contributed by atoms with Gasteiger partial charge < -0.3 is 9.80 Å². The predicted octanol–water partition coefficient (Wildman–Crippen LogP) is 0.544. The van der Waals surface area contributed by atoms with E-state index in [0.717, 1.165) is 37.3 Å². The van der Waals surface area contributed by atoms with Gasteiger partial charge in [-0.15, -0.1) is 11.3 Å². The van der Waals surface area contributed by atoms with E-state index in [1.54, 1.807) is 5.38 Å². The molecule has 9 heteroatoms. The minimum absolute atomic E-state index is 0.0144. The number of carbonyl (C=O) groups excluding carboxylic acids is 1. The first-order chi connectivity index (χ1) is 9.92. The maximum absolute atomic E-state index is 12.2. The van der Waals surface area contributed by atoms with Crippen LogP contribution in [0.1, 0.15) is 23.3 Å². The number of hydrogen-bond donors (Lipinski definition) is 0. The quantitative estimate of drug-likeness (QED) is 0.750. The van der Waals surface area contributed by atoms with Crippen LogP contribution in [-0.2, 0) is 14.3 Å². The van der Waals surface area contributed by atoms with Crippen LogP contribution in [-0.4, -0.2) is 62.7 Å².